The molecular weight excluding hydrogens is 777 g/mol. The third kappa shape index (κ3) is 5.34. The predicted octanol–water partition coefficient (Wildman–Crippen LogP) is 16.2. The predicted molar refractivity (Wildman–Crippen MR) is 265 cm³/mol. The number of anilines is 3. The maximum absolute atomic E-state index is 6.75. The molecule has 0 N–H and O–H groups in total. The number of furan rings is 1. The van der Waals surface area contributed by atoms with Gasteiger partial charge >= 0.3 is 0 Å². The molecule has 0 bridgehead atoms. The largest absolute Gasteiger partial charge is 0.454 e. The minimum Gasteiger partial charge on any atom is -0.454 e. The Kier molecular flexibility index (Phi) is 8.13. The molecule has 0 spiro atoms. The molecule has 0 saturated heterocycles. The summed E-state index contributed by atoms with van der Waals surface area (Å²) in [6, 6.07) is 88.1. The fraction of sp³-hybridized carbons (Fsp3) is 0.0164. The third-order valence-electron chi connectivity index (χ3n) is 13.5. The minimum atomic E-state index is -0.477. The van der Waals surface area contributed by atoms with E-state index in [0.29, 0.717) is 0 Å². The molecule has 3 nitrogen and oxygen atoms in total. The van der Waals surface area contributed by atoms with E-state index in [0.717, 1.165) is 55.8 Å². The van der Waals surface area contributed by atoms with Gasteiger partial charge in [-0.2, -0.15) is 0 Å². The van der Waals surface area contributed by atoms with E-state index in [1.54, 1.807) is 0 Å². The van der Waals surface area contributed by atoms with Crippen molar-refractivity contribution in [3.8, 4) is 27.9 Å². The van der Waals surface area contributed by atoms with Crippen molar-refractivity contribution in [1.82, 2.24) is 4.57 Å². The van der Waals surface area contributed by atoms with Gasteiger partial charge in [-0.15, -0.1) is 0 Å². The molecule has 1 aliphatic rings. The summed E-state index contributed by atoms with van der Waals surface area (Å²) >= 11 is 0. The van der Waals surface area contributed by atoms with Gasteiger partial charge in [-0.05, 0) is 105 Å². The Balaban J connectivity index is 0.961. The van der Waals surface area contributed by atoms with E-state index in [2.05, 4.69) is 246 Å². The summed E-state index contributed by atoms with van der Waals surface area (Å²) in [6.07, 6.45) is 0. The monoisotopic (exact) mass is 816 g/mol. The second-order valence-electron chi connectivity index (χ2n) is 16.8. The molecule has 3 heteroatoms. The van der Waals surface area contributed by atoms with Crippen LogP contribution in [-0.4, -0.2) is 4.57 Å². The van der Waals surface area contributed by atoms with Gasteiger partial charge in [-0.1, -0.05) is 182 Å². The highest BCUT2D eigenvalue weighted by atomic mass is 16.3. The number of benzene rings is 10. The molecule has 1 aliphatic carbocycles. The summed E-state index contributed by atoms with van der Waals surface area (Å²) in [4.78, 5) is 2.37. The first-order valence-electron chi connectivity index (χ1n) is 22.0. The van der Waals surface area contributed by atoms with E-state index >= 15 is 0 Å². The van der Waals surface area contributed by atoms with Gasteiger partial charge in [0.15, 0.2) is 5.58 Å². The summed E-state index contributed by atoms with van der Waals surface area (Å²) in [7, 11) is 0. The quantitative estimate of drug-likeness (QED) is 0.160. The molecule has 0 amide bonds. The van der Waals surface area contributed by atoms with Gasteiger partial charge in [-0.25, -0.2) is 0 Å². The molecule has 0 radical (unpaired) electrons. The van der Waals surface area contributed by atoms with Gasteiger partial charge in [0.2, 0.25) is 0 Å². The number of aromatic nitrogens is 1. The van der Waals surface area contributed by atoms with Crippen LogP contribution in [-0.2, 0) is 5.41 Å². The van der Waals surface area contributed by atoms with Gasteiger partial charge in [0, 0.05) is 38.6 Å². The van der Waals surface area contributed by atoms with Crippen molar-refractivity contribution in [2.45, 2.75) is 5.41 Å². The smallest absolute Gasteiger partial charge is 0.159 e. The van der Waals surface area contributed by atoms with Crippen LogP contribution in [0.25, 0.3) is 71.7 Å². The normalized spacial score (nSPS) is 12.8. The van der Waals surface area contributed by atoms with Crippen LogP contribution in [0, 0.1) is 0 Å². The van der Waals surface area contributed by atoms with Crippen LogP contribution >= 0.6 is 0 Å². The number of nitrogens with zero attached hydrogens (tertiary/aromatic N) is 2. The average molecular weight is 817 g/mol. The molecule has 300 valence electrons. The SMILES string of the molecule is c1ccc(C2(c3ccccc3)c3ccccc3-c3cc(N(c4ccc(-c5ccc(-n6c7ccccc7c7ccccc76)cc5)cc4)c4cccc5c4oc4ccccc45)ccc32)cc1. The lowest BCUT2D eigenvalue weighted by Crippen LogP contribution is -2.28. The number of rotatable bonds is 7. The lowest BCUT2D eigenvalue weighted by Gasteiger charge is -2.34. The minimum absolute atomic E-state index is 0.477. The Labute approximate surface area is 371 Å². The van der Waals surface area contributed by atoms with Gasteiger partial charge in [0.05, 0.1) is 22.1 Å². The number of para-hydroxylation sites is 4. The van der Waals surface area contributed by atoms with Crippen molar-refractivity contribution in [2.75, 3.05) is 4.90 Å². The van der Waals surface area contributed by atoms with Gasteiger partial charge < -0.3 is 13.9 Å². The highest BCUT2D eigenvalue weighted by Crippen LogP contribution is 2.57. The highest BCUT2D eigenvalue weighted by molar-refractivity contribution is 6.11. The Morgan fingerprint density at radius 2 is 0.906 bits per heavy atom. The Bertz CT molecular complexity index is 3620. The van der Waals surface area contributed by atoms with Crippen LogP contribution < -0.4 is 4.90 Å². The number of hydrogen-bond acceptors (Lipinski definition) is 2. The lowest BCUT2D eigenvalue weighted by atomic mass is 9.68. The molecule has 0 fully saturated rings. The van der Waals surface area contributed by atoms with E-state index in [-0.39, 0.29) is 0 Å². The molecule has 64 heavy (non-hydrogen) atoms. The van der Waals surface area contributed by atoms with Crippen LogP contribution in [0.2, 0.25) is 0 Å². The Hall–Kier alpha value is -8.40. The lowest BCUT2D eigenvalue weighted by molar-refractivity contribution is 0.669. The summed E-state index contributed by atoms with van der Waals surface area (Å²) in [5.41, 5.74) is 17.8. The molecule has 12 aromatic rings. The molecule has 0 atom stereocenters. The average Bonchev–Trinajstić information content (AvgIpc) is 4.02. The highest BCUT2D eigenvalue weighted by Gasteiger charge is 2.46. The molecule has 0 aliphatic heterocycles. The molecule has 10 aromatic carbocycles. The zero-order valence-electron chi connectivity index (χ0n) is 34.9. The fourth-order valence-electron chi connectivity index (χ4n) is 10.7. The maximum atomic E-state index is 6.75. The second-order valence-corrected chi connectivity index (χ2v) is 16.8. The topological polar surface area (TPSA) is 21.3 Å². The molecule has 2 heterocycles. The molecule has 0 saturated carbocycles. The van der Waals surface area contributed by atoms with Crippen LogP contribution in [0.1, 0.15) is 22.3 Å². The van der Waals surface area contributed by atoms with Crippen molar-refractivity contribution in [2.24, 2.45) is 0 Å². The Morgan fingerprint density at radius 1 is 0.375 bits per heavy atom. The van der Waals surface area contributed by atoms with Crippen molar-refractivity contribution in [1.29, 1.82) is 0 Å². The van der Waals surface area contributed by atoms with Crippen molar-refractivity contribution in [3.05, 3.63) is 265 Å². The summed E-state index contributed by atoms with van der Waals surface area (Å²) in [6.45, 7) is 0. The maximum Gasteiger partial charge on any atom is 0.159 e. The zero-order chi connectivity index (χ0) is 42.2. The number of hydrogen-bond donors (Lipinski definition) is 0. The standard InChI is InChI=1S/C61H40N2O/c1-3-16-43(17-4-1)61(44-18-5-2-6-19-44)54-25-11-7-20-48(54)53-40-47(38-39-55(53)61)62(58-28-15-24-52-51-23-10-14-29-59(51)64-60(52)58)45-34-30-41(31-35-45)42-32-36-46(37-33-42)63-56-26-12-8-21-49(56)50-22-9-13-27-57(50)63/h1-40H. The van der Waals surface area contributed by atoms with Crippen molar-refractivity contribution < 1.29 is 4.42 Å². The first-order chi connectivity index (χ1) is 31.8. The third-order valence-corrected chi connectivity index (χ3v) is 13.5. The van der Waals surface area contributed by atoms with Gasteiger partial charge in [0.25, 0.3) is 0 Å². The van der Waals surface area contributed by atoms with Crippen LogP contribution in [0.5, 0.6) is 0 Å². The van der Waals surface area contributed by atoms with E-state index in [4.69, 9.17) is 4.42 Å². The summed E-state index contributed by atoms with van der Waals surface area (Å²) in [5, 5.41) is 4.73. The summed E-state index contributed by atoms with van der Waals surface area (Å²) in [5.74, 6) is 0. The second kappa shape index (κ2) is 14.3. The van der Waals surface area contributed by atoms with Crippen LogP contribution in [0.4, 0.5) is 17.1 Å². The van der Waals surface area contributed by atoms with E-state index in [1.807, 2.05) is 6.07 Å². The van der Waals surface area contributed by atoms with Gasteiger partial charge in [0.1, 0.15) is 5.58 Å². The van der Waals surface area contributed by atoms with Crippen molar-refractivity contribution >= 4 is 60.8 Å². The zero-order valence-corrected chi connectivity index (χ0v) is 34.9. The molecular formula is C61H40N2O. The van der Waals surface area contributed by atoms with Crippen LogP contribution in [0.3, 0.4) is 0 Å². The number of fused-ring (bicyclic) bond motifs is 9. The summed E-state index contributed by atoms with van der Waals surface area (Å²) < 4.78 is 9.12. The van der Waals surface area contributed by atoms with Gasteiger partial charge in [-0.3, -0.25) is 0 Å². The van der Waals surface area contributed by atoms with E-state index < -0.39 is 5.41 Å². The van der Waals surface area contributed by atoms with E-state index in [9.17, 15) is 0 Å². The molecule has 0 unspecified atom stereocenters. The Morgan fingerprint density at radius 3 is 1.59 bits per heavy atom. The first-order valence-corrected chi connectivity index (χ1v) is 22.0. The molecule has 13 rings (SSSR count). The fourth-order valence-corrected chi connectivity index (χ4v) is 10.7. The first kappa shape index (κ1) is 36.3. The molecule has 2 aromatic heterocycles. The van der Waals surface area contributed by atoms with E-state index in [1.165, 1.54) is 55.2 Å². The van der Waals surface area contributed by atoms with Crippen LogP contribution in [0.15, 0.2) is 247 Å². The van der Waals surface area contributed by atoms with Crippen molar-refractivity contribution in [3.63, 3.8) is 0 Å².